The minimum atomic E-state index is -0.806. The first kappa shape index (κ1) is 25.1. The summed E-state index contributed by atoms with van der Waals surface area (Å²) >= 11 is 0. The Morgan fingerprint density at radius 3 is 1.56 bits per heavy atom. The molecule has 0 bridgehead atoms. The highest BCUT2D eigenvalue weighted by Gasteiger charge is 2.48. The molecule has 5 nitrogen and oxygen atoms in total. The van der Waals surface area contributed by atoms with Gasteiger partial charge in [-0.2, -0.15) is 0 Å². The van der Waals surface area contributed by atoms with Gasteiger partial charge in [0.15, 0.2) is 12.6 Å². The number of hydrogen-bond donors (Lipinski definition) is 0. The van der Waals surface area contributed by atoms with Gasteiger partial charge in [0, 0.05) is 26.1 Å². The van der Waals surface area contributed by atoms with Gasteiger partial charge in [-0.25, -0.2) is 0 Å². The van der Waals surface area contributed by atoms with Gasteiger partial charge in [0.25, 0.3) is 0 Å². The molecule has 0 aliphatic carbocycles. The lowest BCUT2D eigenvalue weighted by atomic mass is 9.80. The van der Waals surface area contributed by atoms with Crippen LogP contribution in [0.2, 0.25) is 0 Å². The van der Waals surface area contributed by atoms with Crippen LogP contribution >= 0.6 is 0 Å². The number of hydrogen-bond acceptors (Lipinski definition) is 5. The number of rotatable bonds is 10. The van der Waals surface area contributed by atoms with Crippen molar-refractivity contribution < 1.29 is 23.7 Å². The van der Waals surface area contributed by atoms with Crippen LogP contribution in [0, 0.1) is 5.92 Å². The third-order valence-electron chi connectivity index (χ3n) is 7.17. The smallest absolute Gasteiger partial charge is 0.158 e. The molecular formula is C31H36O5. The van der Waals surface area contributed by atoms with E-state index in [0.29, 0.717) is 25.7 Å². The zero-order valence-corrected chi connectivity index (χ0v) is 21.1. The zero-order chi connectivity index (χ0) is 24.8. The van der Waals surface area contributed by atoms with Gasteiger partial charge in [0.05, 0.1) is 12.7 Å². The van der Waals surface area contributed by atoms with Gasteiger partial charge in [-0.1, -0.05) is 91.0 Å². The van der Waals surface area contributed by atoms with Crippen molar-refractivity contribution in [3.8, 4) is 0 Å². The summed E-state index contributed by atoms with van der Waals surface area (Å²) in [6.07, 6.45) is 0.801. The van der Waals surface area contributed by atoms with Crippen LogP contribution in [0.4, 0.5) is 0 Å². The van der Waals surface area contributed by atoms with E-state index in [9.17, 15) is 0 Å². The summed E-state index contributed by atoms with van der Waals surface area (Å²) in [6.45, 7) is 5.58. The molecule has 3 aromatic rings. The van der Waals surface area contributed by atoms with Crippen molar-refractivity contribution in [3.63, 3.8) is 0 Å². The van der Waals surface area contributed by atoms with Crippen molar-refractivity contribution in [2.45, 2.75) is 57.1 Å². The monoisotopic (exact) mass is 488 g/mol. The van der Waals surface area contributed by atoms with Crippen LogP contribution in [0.1, 0.15) is 43.4 Å². The van der Waals surface area contributed by atoms with E-state index in [1.54, 1.807) is 0 Å². The largest absolute Gasteiger partial charge is 0.358 e. The Kier molecular flexibility index (Phi) is 8.15. The minimum absolute atomic E-state index is 0.0988. The van der Waals surface area contributed by atoms with Crippen molar-refractivity contribution in [1.29, 1.82) is 0 Å². The molecule has 0 spiro atoms. The lowest BCUT2D eigenvalue weighted by Gasteiger charge is -2.41. The second-order valence-electron chi connectivity index (χ2n) is 9.37. The molecule has 0 unspecified atom stereocenters. The van der Waals surface area contributed by atoms with Gasteiger partial charge in [-0.15, -0.1) is 0 Å². The fourth-order valence-corrected chi connectivity index (χ4v) is 5.62. The van der Waals surface area contributed by atoms with E-state index in [1.165, 1.54) is 0 Å². The van der Waals surface area contributed by atoms with E-state index in [4.69, 9.17) is 23.7 Å². The van der Waals surface area contributed by atoms with Crippen LogP contribution in [-0.2, 0) is 29.3 Å². The summed E-state index contributed by atoms with van der Waals surface area (Å²) in [7, 11) is 0. The number of ether oxygens (including phenoxy) is 5. The zero-order valence-electron chi connectivity index (χ0n) is 21.1. The summed E-state index contributed by atoms with van der Waals surface area (Å²) in [5.74, 6) is 0.306. The van der Waals surface area contributed by atoms with Gasteiger partial charge in [0.2, 0.25) is 0 Å². The Labute approximate surface area is 214 Å². The Hall–Kier alpha value is -2.54. The van der Waals surface area contributed by atoms with E-state index < -0.39 is 5.60 Å². The summed E-state index contributed by atoms with van der Waals surface area (Å²) in [5.41, 5.74) is 2.39. The van der Waals surface area contributed by atoms with Crippen LogP contribution in [-0.4, -0.2) is 44.6 Å². The van der Waals surface area contributed by atoms with Crippen molar-refractivity contribution in [2.75, 3.05) is 19.8 Å². The van der Waals surface area contributed by atoms with Gasteiger partial charge in [0.1, 0.15) is 11.7 Å². The summed E-state index contributed by atoms with van der Waals surface area (Å²) < 4.78 is 31.6. The molecule has 36 heavy (non-hydrogen) atoms. The molecule has 0 aromatic heterocycles. The van der Waals surface area contributed by atoms with Crippen molar-refractivity contribution in [3.05, 3.63) is 108 Å². The van der Waals surface area contributed by atoms with Gasteiger partial charge < -0.3 is 23.7 Å². The predicted molar refractivity (Wildman–Crippen MR) is 138 cm³/mol. The van der Waals surface area contributed by atoms with Crippen molar-refractivity contribution in [1.82, 2.24) is 0 Å². The third-order valence-corrected chi connectivity index (χ3v) is 7.17. The summed E-state index contributed by atoms with van der Waals surface area (Å²) in [4.78, 5) is 0. The molecule has 2 saturated heterocycles. The molecule has 2 aliphatic rings. The fourth-order valence-electron chi connectivity index (χ4n) is 5.62. The Morgan fingerprint density at radius 1 is 0.667 bits per heavy atom. The molecule has 5 atom stereocenters. The molecule has 5 heteroatoms. The molecular weight excluding hydrogens is 452 g/mol. The Balaban J connectivity index is 1.51. The molecule has 5 rings (SSSR count). The maximum atomic E-state index is 7.06. The third kappa shape index (κ3) is 5.13. The Morgan fingerprint density at radius 2 is 1.11 bits per heavy atom. The molecule has 0 radical (unpaired) electrons. The normalized spacial score (nSPS) is 26.0. The van der Waals surface area contributed by atoms with E-state index in [2.05, 4.69) is 72.8 Å². The number of fused-ring (bicyclic) bond motifs is 1. The van der Waals surface area contributed by atoms with Crippen LogP contribution in [0.3, 0.4) is 0 Å². The second-order valence-corrected chi connectivity index (χ2v) is 9.37. The lowest BCUT2D eigenvalue weighted by Crippen LogP contribution is -2.48. The van der Waals surface area contributed by atoms with Crippen LogP contribution in [0.15, 0.2) is 91.0 Å². The molecule has 2 heterocycles. The lowest BCUT2D eigenvalue weighted by molar-refractivity contribution is -0.257. The standard InChI is InChI=1S/C31H36O5/c1-3-32-28-20-23-21-29(33-4-2)36-30(23)27(35-28)22-34-31(24-14-8-5-9-15-24,25-16-10-6-11-17-25)26-18-12-7-13-19-26/h5-19,23,27-30H,3-4,20-22H2,1-2H3/t23-,27-,28+,29+,30+/m1/s1. The highest BCUT2D eigenvalue weighted by Crippen LogP contribution is 2.43. The van der Waals surface area contributed by atoms with Gasteiger partial charge >= 0.3 is 0 Å². The van der Waals surface area contributed by atoms with E-state index in [-0.39, 0.29) is 24.8 Å². The predicted octanol–water partition coefficient (Wildman–Crippen LogP) is 5.91. The Bertz CT molecular complexity index is 961. The van der Waals surface area contributed by atoms with Crippen molar-refractivity contribution >= 4 is 0 Å². The van der Waals surface area contributed by atoms with Crippen LogP contribution in [0.25, 0.3) is 0 Å². The molecule has 0 amide bonds. The first-order valence-electron chi connectivity index (χ1n) is 13.1. The average molecular weight is 489 g/mol. The summed E-state index contributed by atoms with van der Waals surface area (Å²) in [5, 5.41) is 0. The minimum Gasteiger partial charge on any atom is -0.358 e. The molecule has 0 N–H and O–H groups in total. The van der Waals surface area contributed by atoms with Gasteiger partial charge in [-0.3, -0.25) is 0 Å². The van der Waals surface area contributed by atoms with E-state index in [0.717, 1.165) is 29.5 Å². The quantitative estimate of drug-likeness (QED) is 0.332. The van der Waals surface area contributed by atoms with E-state index in [1.807, 2.05) is 32.0 Å². The molecule has 0 saturated carbocycles. The highest BCUT2D eigenvalue weighted by molar-refractivity contribution is 5.47. The SMILES string of the molecule is CCO[C@@H]1C[C@H]2C[C@@H](OCC)O[C@H](COC(c3ccccc3)(c3ccccc3)c3ccccc3)[C@H]2O1. The van der Waals surface area contributed by atoms with Crippen LogP contribution in [0.5, 0.6) is 0 Å². The maximum absolute atomic E-state index is 7.06. The second kappa shape index (κ2) is 11.7. The fraction of sp³-hybridized carbons (Fsp3) is 0.419. The van der Waals surface area contributed by atoms with E-state index >= 15 is 0 Å². The first-order valence-corrected chi connectivity index (χ1v) is 13.1. The number of benzene rings is 3. The highest BCUT2D eigenvalue weighted by atomic mass is 16.7. The van der Waals surface area contributed by atoms with Crippen molar-refractivity contribution in [2.24, 2.45) is 5.92 Å². The molecule has 3 aromatic carbocycles. The molecule has 2 fully saturated rings. The van der Waals surface area contributed by atoms with Gasteiger partial charge in [-0.05, 0) is 36.5 Å². The molecule has 190 valence electrons. The maximum Gasteiger partial charge on any atom is 0.158 e. The average Bonchev–Trinajstić information content (AvgIpc) is 3.34. The van der Waals surface area contributed by atoms with Crippen LogP contribution < -0.4 is 0 Å². The summed E-state index contributed by atoms with van der Waals surface area (Å²) in [6, 6.07) is 31.2. The first-order chi connectivity index (χ1) is 17.7. The molecule has 2 aliphatic heterocycles. The topological polar surface area (TPSA) is 46.2 Å².